The van der Waals surface area contributed by atoms with E-state index in [4.69, 9.17) is 5.11 Å². The lowest BCUT2D eigenvalue weighted by atomic mass is 10.2. The molecule has 0 heterocycles. The third-order valence-corrected chi connectivity index (χ3v) is 2.02. The lowest BCUT2D eigenvalue weighted by Gasteiger charge is -2.06. The Morgan fingerprint density at radius 3 is 2.61 bits per heavy atom. The van der Waals surface area contributed by atoms with Crippen molar-refractivity contribution in [1.82, 2.24) is 0 Å². The molecule has 0 bridgehead atoms. The first-order chi connectivity index (χ1) is 8.41. The number of aliphatic carboxylic acids is 1. The average Bonchev–Trinajstić information content (AvgIpc) is 2.28. The molecule has 0 aliphatic carbocycles. The quantitative estimate of drug-likeness (QED) is 0.613. The monoisotopic (exact) mass is 256 g/mol. The summed E-state index contributed by atoms with van der Waals surface area (Å²) in [4.78, 5) is 31.3. The summed E-state index contributed by atoms with van der Waals surface area (Å²) in [5.41, 5.74) is -1.14. The van der Waals surface area contributed by atoms with Crippen LogP contribution in [0.4, 0.5) is 15.8 Å². The summed E-state index contributed by atoms with van der Waals surface area (Å²) in [6.45, 7) is 0. The molecule has 96 valence electrons. The number of nitro benzene ring substituents is 1. The Balaban J connectivity index is 2.86. The zero-order valence-electron chi connectivity index (χ0n) is 9.05. The number of carbonyl (C=O) groups excluding carboxylic acids is 1. The number of amides is 1. The number of benzene rings is 1. The second kappa shape index (κ2) is 5.71. The van der Waals surface area contributed by atoms with Crippen molar-refractivity contribution in [2.45, 2.75) is 12.8 Å². The highest BCUT2D eigenvalue weighted by Crippen LogP contribution is 2.27. The zero-order valence-corrected chi connectivity index (χ0v) is 9.05. The minimum Gasteiger partial charge on any atom is -0.481 e. The zero-order chi connectivity index (χ0) is 13.7. The molecule has 18 heavy (non-hydrogen) atoms. The van der Waals surface area contributed by atoms with E-state index in [2.05, 4.69) is 0 Å². The smallest absolute Gasteiger partial charge is 0.303 e. The predicted octanol–water partition coefficient (Wildman–Crippen LogP) is 1.54. The van der Waals surface area contributed by atoms with Gasteiger partial charge in [-0.05, 0) is 6.07 Å². The number of halogens is 1. The van der Waals surface area contributed by atoms with Gasteiger partial charge in [0.25, 0.3) is 5.69 Å². The molecule has 1 aromatic rings. The lowest BCUT2D eigenvalue weighted by molar-refractivity contribution is -0.384. The van der Waals surface area contributed by atoms with Crippen LogP contribution < -0.4 is 5.32 Å². The molecule has 1 amide bonds. The van der Waals surface area contributed by atoms with Crippen LogP contribution >= 0.6 is 0 Å². The van der Waals surface area contributed by atoms with Crippen LogP contribution in [0, 0.1) is 15.9 Å². The summed E-state index contributed by atoms with van der Waals surface area (Å²) < 4.78 is 13.3. The van der Waals surface area contributed by atoms with E-state index in [-0.39, 0.29) is 6.42 Å². The number of carboxylic acid groups (broad SMARTS) is 1. The van der Waals surface area contributed by atoms with E-state index in [9.17, 15) is 24.1 Å². The molecule has 8 heteroatoms. The van der Waals surface area contributed by atoms with E-state index in [1.165, 1.54) is 0 Å². The Kier molecular flexibility index (Phi) is 4.30. The molecule has 0 saturated carbocycles. The summed E-state index contributed by atoms with van der Waals surface area (Å²) in [6.07, 6.45) is -0.824. The Labute approximate surface area is 100 Å². The summed E-state index contributed by atoms with van der Waals surface area (Å²) in [5.74, 6) is -2.94. The molecule has 0 saturated heterocycles. The maximum Gasteiger partial charge on any atom is 0.303 e. The van der Waals surface area contributed by atoms with Gasteiger partial charge in [0.05, 0.1) is 11.3 Å². The van der Waals surface area contributed by atoms with E-state index in [1.807, 2.05) is 5.32 Å². The first kappa shape index (κ1) is 13.6. The van der Waals surface area contributed by atoms with Gasteiger partial charge < -0.3 is 10.4 Å². The van der Waals surface area contributed by atoms with Gasteiger partial charge in [-0.2, -0.15) is 0 Å². The van der Waals surface area contributed by atoms with Crippen molar-refractivity contribution in [3.8, 4) is 0 Å². The van der Waals surface area contributed by atoms with Crippen LogP contribution in [0.3, 0.4) is 0 Å². The number of hydrogen-bond donors (Lipinski definition) is 2. The van der Waals surface area contributed by atoms with Crippen molar-refractivity contribution >= 4 is 23.3 Å². The van der Waals surface area contributed by atoms with Crippen molar-refractivity contribution in [2.24, 2.45) is 0 Å². The number of rotatable bonds is 5. The number of para-hydroxylation sites is 1. The molecule has 0 radical (unpaired) electrons. The molecule has 1 rings (SSSR count). The van der Waals surface area contributed by atoms with Crippen LogP contribution in [0.5, 0.6) is 0 Å². The van der Waals surface area contributed by atoms with Crippen LogP contribution in [0.25, 0.3) is 0 Å². The fourth-order valence-corrected chi connectivity index (χ4v) is 1.21. The molecule has 0 fully saturated rings. The molecular weight excluding hydrogens is 247 g/mol. The molecule has 2 N–H and O–H groups in total. The number of nitrogens with zero attached hydrogens (tertiary/aromatic N) is 1. The lowest BCUT2D eigenvalue weighted by Crippen LogP contribution is -2.15. The minimum absolute atomic E-state index is 0.388. The van der Waals surface area contributed by atoms with Crippen LogP contribution in [0.2, 0.25) is 0 Å². The third kappa shape index (κ3) is 3.51. The Morgan fingerprint density at radius 2 is 2.06 bits per heavy atom. The van der Waals surface area contributed by atoms with Gasteiger partial charge in [-0.3, -0.25) is 19.7 Å². The van der Waals surface area contributed by atoms with Crippen LogP contribution in [-0.4, -0.2) is 21.9 Å². The maximum absolute atomic E-state index is 13.3. The molecule has 0 aliphatic rings. The fourth-order valence-electron chi connectivity index (χ4n) is 1.21. The molecule has 0 unspecified atom stereocenters. The summed E-state index contributed by atoms with van der Waals surface area (Å²) in [7, 11) is 0. The second-order valence-electron chi connectivity index (χ2n) is 3.33. The first-order valence-electron chi connectivity index (χ1n) is 4.86. The number of nitro groups is 1. The van der Waals surface area contributed by atoms with E-state index >= 15 is 0 Å². The van der Waals surface area contributed by atoms with E-state index in [1.54, 1.807) is 0 Å². The Hall–Kier alpha value is -2.51. The van der Waals surface area contributed by atoms with E-state index < -0.39 is 40.4 Å². The third-order valence-electron chi connectivity index (χ3n) is 2.02. The average molecular weight is 256 g/mol. The highest BCUT2D eigenvalue weighted by Gasteiger charge is 2.19. The van der Waals surface area contributed by atoms with E-state index in [0.717, 1.165) is 18.2 Å². The standard InChI is InChI=1S/C10H9FN2O5/c11-6-2-1-3-7(13(17)18)10(6)12-8(14)4-5-9(15)16/h1-3H,4-5H2,(H,12,14)(H,15,16). The van der Waals surface area contributed by atoms with Gasteiger partial charge >= 0.3 is 5.97 Å². The van der Waals surface area contributed by atoms with Crippen molar-refractivity contribution in [3.63, 3.8) is 0 Å². The number of carboxylic acids is 1. The summed E-state index contributed by atoms with van der Waals surface area (Å²) in [6, 6.07) is 3.13. The first-order valence-corrected chi connectivity index (χ1v) is 4.86. The Bertz CT molecular complexity index is 503. The van der Waals surface area contributed by atoms with Gasteiger partial charge in [-0.15, -0.1) is 0 Å². The molecule has 0 spiro atoms. The highest BCUT2D eigenvalue weighted by molar-refractivity contribution is 5.94. The Morgan fingerprint density at radius 1 is 1.39 bits per heavy atom. The van der Waals surface area contributed by atoms with Gasteiger partial charge in [0.15, 0.2) is 11.5 Å². The van der Waals surface area contributed by atoms with Crippen molar-refractivity contribution in [1.29, 1.82) is 0 Å². The molecular formula is C10H9FN2O5. The van der Waals surface area contributed by atoms with Gasteiger partial charge in [0.1, 0.15) is 0 Å². The summed E-state index contributed by atoms with van der Waals surface area (Å²) in [5, 5.41) is 21.0. The largest absolute Gasteiger partial charge is 0.481 e. The van der Waals surface area contributed by atoms with Crippen molar-refractivity contribution < 1.29 is 24.0 Å². The summed E-state index contributed by atoms with van der Waals surface area (Å²) >= 11 is 0. The van der Waals surface area contributed by atoms with Gasteiger partial charge in [-0.1, -0.05) is 6.07 Å². The van der Waals surface area contributed by atoms with Gasteiger partial charge in [0.2, 0.25) is 5.91 Å². The fraction of sp³-hybridized carbons (Fsp3) is 0.200. The SMILES string of the molecule is O=C(O)CCC(=O)Nc1c(F)cccc1[N+](=O)[O-]. The van der Waals surface area contributed by atoms with Crippen LogP contribution in [-0.2, 0) is 9.59 Å². The van der Waals surface area contributed by atoms with Crippen molar-refractivity contribution in [3.05, 3.63) is 34.1 Å². The maximum atomic E-state index is 13.3. The minimum atomic E-state index is -1.19. The number of nitrogens with one attached hydrogen (secondary N) is 1. The predicted molar refractivity (Wildman–Crippen MR) is 58.6 cm³/mol. The van der Waals surface area contributed by atoms with Gasteiger partial charge in [0, 0.05) is 12.5 Å². The molecule has 0 aliphatic heterocycles. The molecule has 1 aromatic carbocycles. The topological polar surface area (TPSA) is 110 Å². The molecule has 0 atom stereocenters. The second-order valence-corrected chi connectivity index (χ2v) is 3.33. The number of hydrogen-bond acceptors (Lipinski definition) is 4. The number of anilines is 1. The van der Waals surface area contributed by atoms with E-state index in [0.29, 0.717) is 0 Å². The van der Waals surface area contributed by atoms with Crippen molar-refractivity contribution in [2.75, 3.05) is 5.32 Å². The molecule has 0 aromatic heterocycles. The van der Waals surface area contributed by atoms with Crippen LogP contribution in [0.1, 0.15) is 12.8 Å². The molecule has 7 nitrogen and oxygen atoms in total. The van der Waals surface area contributed by atoms with Gasteiger partial charge in [-0.25, -0.2) is 4.39 Å². The normalized spacial score (nSPS) is 9.83. The van der Waals surface area contributed by atoms with Crippen LogP contribution in [0.15, 0.2) is 18.2 Å². The number of carbonyl (C=O) groups is 2. The highest BCUT2D eigenvalue weighted by atomic mass is 19.1.